The lowest BCUT2D eigenvalue weighted by atomic mass is 10.1. The van der Waals surface area contributed by atoms with Gasteiger partial charge in [-0.25, -0.2) is 4.98 Å². The van der Waals surface area contributed by atoms with Crippen LogP contribution in [0, 0.1) is 0 Å². The number of nitrogens with two attached hydrogens (primary N) is 1. The highest BCUT2D eigenvalue weighted by Crippen LogP contribution is 2.13. The van der Waals surface area contributed by atoms with Gasteiger partial charge in [0.25, 0.3) is 5.88 Å². The number of anilines is 1. The van der Waals surface area contributed by atoms with Crippen LogP contribution in [0.15, 0.2) is 11.3 Å². The van der Waals surface area contributed by atoms with Gasteiger partial charge in [-0.05, 0) is 20.8 Å². The highest BCUT2D eigenvalue weighted by Gasteiger charge is 2.06. The van der Waals surface area contributed by atoms with Gasteiger partial charge in [0, 0.05) is 0 Å². The van der Waals surface area contributed by atoms with Gasteiger partial charge >= 0.3 is 0 Å². The van der Waals surface area contributed by atoms with Gasteiger partial charge in [0.05, 0.1) is 11.9 Å². The molecule has 1 aromatic heterocycles. The van der Waals surface area contributed by atoms with Crippen LogP contribution in [0.1, 0.15) is 20.8 Å². The van der Waals surface area contributed by atoms with Gasteiger partial charge in [0.2, 0.25) is 0 Å². The first kappa shape index (κ1) is 9.57. The summed E-state index contributed by atoms with van der Waals surface area (Å²) in [4.78, 5) is 10.7. The second kappa shape index (κ2) is 3.47. The molecule has 0 bridgehead atoms. The highest BCUT2D eigenvalue weighted by atomic mass is 16.5. The predicted molar refractivity (Wildman–Crippen MR) is 51.9 cm³/mol. The van der Waals surface area contributed by atoms with Crippen molar-refractivity contribution in [2.24, 2.45) is 4.99 Å². The quantitative estimate of drug-likeness (QED) is 0.533. The molecule has 0 saturated carbocycles. The van der Waals surface area contributed by atoms with Crippen molar-refractivity contribution in [3.05, 3.63) is 6.33 Å². The molecule has 0 aliphatic carbocycles. The van der Waals surface area contributed by atoms with Crippen molar-refractivity contribution in [1.29, 1.82) is 0 Å². The number of imidazole rings is 1. The molecule has 0 aromatic carbocycles. The van der Waals surface area contributed by atoms with Crippen molar-refractivity contribution >= 4 is 12.2 Å². The molecule has 0 radical (unpaired) electrons. The molecular formula is C8H14N4O. The third kappa shape index (κ3) is 3.14. The fourth-order valence-corrected chi connectivity index (χ4v) is 0.620. The standard InChI is InChI=1S/C8H14N4O/c1-8(2,3)12-5-13-7-6(9)10-4-11-7/h4-5H,9H2,1-3H3,(H,10,11). The van der Waals surface area contributed by atoms with Crippen LogP contribution in [-0.2, 0) is 0 Å². The van der Waals surface area contributed by atoms with E-state index in [9.17, 15) is 0 Å². The van der Waals surface area contributed by atoms with E-state index < -0.39 is 0 Å². The third-order valence-electron chi connectivity index (χ3n) is 1.24. The van der Waals surface area contributed by atoms with E-state index in [4.69, 9.17) is 10.5 Å². The first-order valence-electron chi connectivity index (χ1n) is 3.98. The maximum atomic E-state index is 5.49. The first-order chi connectivity index (χ1) is 5.99. The van der Waals surface area contributed by atoms with E-state index in [0.29, 0.717) is 11.7 Å². The second-order valence-electron chi connectivity index (χ2n) is 3.64. The van der Waals surface area contributed by atoms with Crippen LogP contribution < -0.4 is 10.5 Å². The van der Waals surface area contributed by atoms with Gasteiger partial charge in [-0.3, -0.25) is 4.99 Å². The molecule has 72 valence electrons. The first-order valence-corrected chi connectivity index (χ1v) is 3.98. The summed E-state index contributed by atoms with van der Waals surface area (Å²) in [5.74, 6) is 0.758. The lowest BCUT2D eigenvalue weighted by Crippen LogP contribution is -2.11. The van der Waals surface area contributed by atoms with Crippen molar-refractivity contribution in [2.45, 2.75) is 26.3 Å². The summed E-state index contributed by atoms with van der Waals surface area (Å²) in [7, 11) is 0. The molecule has 0 saturated heterocycles. The zero-order valence-electron chi connectivity index (χ0n) is 8.03. The predicted octanol–water partition coefficient (Wildman–Crippen LogP) is 1.20. The molecule has 0 spiro atoms. The van der Waals surface area contributed by atoms with Crippen molar-refractivity contribution in [1.82, 2.24) is 9.97 Å². The summed E-state index contributed by atoms with van der Waals surface area (Å²) in [6, 6.07) is 0. The van der Waals surface area contributed by atoms with E-state index in [2.05, 4.69) is 15.0 Å². The number of nitrogens with zero attached hydrogens (tertiary/aromatic N) is 2. The summed E-state index contributed by atoms with van der Waals surface area (Å²) in [6.07, 6.45) is 2.82. The molecule has 1 heterocycles. The Morgan fingerprint density at radius 1 is 1.62 bits per heavy atom. The number of nitrogen functional groups attached to an aromatic ring is 1. The summed E-state index contributed by atoms with van der Waals surface area (Å²) in [5.41, 5.74) is 5.34. The Morgan fingerprint density at radius 3 is 2.77 bits per heavy atom. The zero-order chi connectivity index (χ0) is 9.90. The Bertz CT molecular complexity index is 297. The lowest BCUT2D eigenvalue weighted by Gasteiger charge is -2.09. The minimum Gasteiger partial charge on any atom is -0.424 e. The van der Waals surface area contributed by atoms with E-state index in [-0.39, 0.29) is 5.54 Å². The molecule has 1 aromatic rings. The number of nitrogens with one attached hydrogen (secondary N) is 1. The fourth-order valence-electron chi connectivity index (χ4n) is 0.620. The topological polar surface area (TPSA) is 76.3 Å². The average Bonchev–Trinajstić information content (AvgIpc) is 2.34. The number of hydrogen-bond donors (Lipinski definition) is 2. The van der Waals surface area contributed by atoms with E-state index >= 15 is 0 Å². The van der Waals surface area contributed by atoms with E-state index in [1.165, 1.54) is 12.7 Å². The molecule has 5 nitrogen and oxygen atoms in total. The van der Waals surface area contributed by atoms with E-state index in [1.54, 1.807) is 0 Å². The van der Waals surface area contributed by atoms with Gasteiger partial charge in [-0.1, -0.05) is 0 Å². The van der Waals surface area contributed by atoms with Crippen LogP contribution in [0.2, 0.25) is 0 Å². The molecule has 3 N–H and O–H groups in total. The zero-order valence-corrected chi connectivity index (χ0v) is 8.03. The summed E-state index contributed by atoms with van der Waals surface area (Å²) < 4.78 is 5.09. The lowest BCUT2D eigenvalue weighted by molar-refractivity contribution is 0.519. The van der Waals surface area contributed by atoms with Crippen LogP contribution in [0.5, 0.6) is 5.88 Å². The largest absolute Gasteiger partial charge is 0.424 e. The van der Waals surface area contributed by atoms with Gasteiger partial charge in [-0.2, -0.15) is 0 Å². The number of aliphatic imine (C=N–C) groups is 1. The van der Waals surface area contributed by atoms with Crippen LogP contribution in [0.4, 0.5) is 5.82 Å². The van der Waals surface area contributed by atoms with E-state index in [1.807, 2.05) is 20.8 Å². The second-order valence-corrected chi connectivity index (χ2v) is 3.64. The Hall–Kier alpha value is -1.52. The highest BCUT2D eigenvalue weighted by molar-refractivity contribution is 5.55. The van der Waals surface area contributed by atoms with Gasteiger partial charge < -0.3 is 15.5 Å². The molecule has 0 amide bonds. The average molecular weight is 182 g/mol. The van der Waals surface area contributed by atoms with Gasteiger partial charge in [0.1, 0.15) is 0 Å². The van der Waals surface area contributed by atoms with Crippen molar-refractivity contribution < 1.29 is 4.74 Å². The minimum atomic E-state index is -0.148. The van der Waals surface area contributed by atoms with Crippen LogP contribution in [-0.4, -0.2) is 21.9 Å². The number of H-pyrrole nitrogens is 1. The Labute approximate surface area is 77.0 Å². The number of hydrogen-bond acceptors (Lipinski definition) is 4. The molecule has 0 atom stereocenters. The maximum Gasteiger partial charge on any atom is 0.262 e. The minimum absolute atomic E-state index is 0.148. The Kier molecular flexibility index (Phi) is 2.55. The van der Waals surface area contributed by atoms with Crippen molar-refractivity contribution in [2.75, 3.05) is 5.73 Å². The number of aromatic amines is 1. The Morgan fingerprint density at radius 2 is 2.31 bits per heavy atom. The summed E-state index contributed by atoms with van der Waals surface area (Å²) >= 11 is 0. The van der Waals surface area contributed by atoms with Crippen LogP contribution >= 0.6 is 0 Å². The molecule has 0 aliphatic heterocycles. The third-order valence-corrected chi connectivity index (χ3v) is 1.24. The fraction of sp³-hybridized carbons (Fsp3) is 0.500. The maximum absolute atomic E-state index is 5.49. The molecule has 0 fully saturated rings. The monoisotopic (exact) mass is 182 g/mol. The number of rotatable bonds is 2. The van der Waals surface area contributed by atoms with Crippen LogP contribution in [0.3, 0.4) is 0 Å². The molecule has 1 rings (SSSR count). The Balaban J connectivity index is 2.53. The van der Waals surface area contributed by atoms with Gasteiger partial charge in [-0.15, -0.1) is 0 Å². The molecule has 0 unspecified atom stereocenters. The SMILES string of the molecule is CC(C)(C)N=COc1nc[nH]c1N. The van der Waals surface area contributed by atoms with E-state index in [0.717, 1.165) is 0 Å². The summed E-state index contributed by atoms with van der Waals surface area (Å²) in [5, 5.41) is 0. The molecule has 0 aliphatic rings. The molecular weight excluding hydrogens is 168 g/mol. The van der Waals surface area contributed by atoms with Crippen molar-refractivity contribution in [3.63, 3.8) is 0 Å². The smallest absolute Gasteiger partial charge is 0.262 e. The number of aromatic nitrogens is 2. The van der Waals surface area contributed by atoms with Crippen LogP contribution in [0.25, 0.3) is 0 Å². The molecule has 13 heavy (non-hydrogen) atoms. The van der Waals surface area contributed by atoms with Crippen molar-refractivity contribution in [3.8, 4) is 5.88 Å². The number of ether oxygens (including phenoxy) is 1. The summed E-state index contributed by atoms with van der Waals surface area (Å²) in [6.45, 7) is 5.92. The molecule has 5 heteroatoms. The normalized spacial score (nSPS) is 12.2. The van der Waals surface area contributed by atoms with Gasteiger partial charge in [0.15, 0.2) is 12.2 Å².